The molecule has 0 aliphatic rings. The molecule has 10 heavy (non-hydrogen) atoms. The number of aromatic nitrogens is 1. The Morgan fingerprint density at radius 3 is 2.40 bits per heavy atom. The van der Waals surface area contributed by atoms with Crippen LogP contribution in [0.4, 0.5) is 5.82 Å². The number of rotatable bonds is 1. The normalized spacial score (nSPS) is 7.10. The number of pyridine rings is 1. The van der Waals surface area contributed by atoms with E-state index in [0.717, 1.165) is 5.82 Å². The van der Waals surface area contributed by atoms with Crippen molar-refractivity contribution in [3.63, 3.8) is 0 Å². The van der Waals surface area contributed by atoms with E-state index in [1.54, 1.807) is 6.20 Å². The molecule has 0 fully saturated rings. The fourth-order valence-corrected chi connectivity index (χ4v) is 0.511. The molecule has 0 bridgehead atoms. The molecular weight excluding hydrogens is 124 g/mol. The fourth-order valence-electron chi connectivity index (χ4n) is 0.511. The first-order chi connectivity index (χ1) is 4.93. The van der Waals surface area contributed by atoms with Gasteiger partial charge in [-0.15, -0.1) is 12.8 Å². The minimum atomic E-state index is 0.910. The molecule has 0 aromatic carbocycles. The minimum Gasteiger partial charge on any atom is -0.373 e. The van der Waals surface area contributed by atoms with Crippen LogP contribution < -0.4 is 5.32 Å². The first-order valence-corrected chi connectivity index (χ1v) is 2.85. The van der Waals surface area contributed by atoms with E-state index in [9.17, 15) is 0 Å². The maximum Gasteiger partial charge on any atom is 0.125 e. The van der Waals surface area contributed by atoms with Gasteiger partial charge < -0.3 is 5.32 Å². The molecule has 1 N–H and O–H groups in total. The van der Waals surface area contributed by atoms with E-state index in [-0.39, 0.29) is 0 Å². The number of nitrogens with zero attached hydrogens (tertiary/aromatic N) is 1. The number of anilines is 1. The summed E-state index contributed by atoms with van der Waals surface area (Å²) in [5.41, 5.74) is 0. The maximum atomic E-state index is 4.00. The lowest BCUT2D eigenvalue weighted by Gasteiger charge is -1.92. The zero-order valence-corrected chi connectivity index (χ0v) is 5.91. The van der Waals surface area contributed by atoms with Crippen LogP contribution in [0.5, 0.6) is 0 Å². The van der Waals surface area contributed by atoms with Gasteiger partial charge in [0.25, 0.3) is 0 Å². The van der Waals surface area contributed by atoms with Crippen molar-refractivity contribution in [2.24, 2.45) is 0 Å². The zero-order chi connectivity index (χ0) is 7.82. The Hall–Kier alpha value is -1.49. The van der Waals surface area contributed by atoms with Crippen molar-refractivity contribution in [2.45, 2.75) is 0 Å². The first kappa shape index (κ1) is 8.51. The molecule has 0 amide bonds. The van der Waals surface area contributed by atoms with Crippen LogP contribution >= 0.6 is 0 Å². The summed E-state index contributed by atoms with van der Waals surface area (Å²) in [6, 6.07) is 5.75. The Morgan fingerprint density at radius 2 is 2.10 bits per heavy atom. The van der Waals surface area contributed by atoms with E-state index in [0.29, 0.717) is 0 Å². The number of hydrogen-bond acceptors (Lipinski definition) is 2. The quantitative estimate of drug-likeness (QED) is 0.587. The van der Waals surface area contributed by atoms with E-state index in [4.69, 9.17) is 0 Å². The smallest absolute Gasteiger partial charge is 0.125 e. The summed E-state index contributed by atoms with van der Waals surface area (Å²) in [7, 11) is 1.85. The lowest BCUT2D eigenvalue weighted by molar-refractivity contribution is 1.29. The van der Waals surface area contributed by atoms with Crippen molar-refractivity contribution in [1.82, 2.24) is 4.98 Å². The second-order valence-electron chi connectivity index (χ2n) is 1.46. The molecule has 1 aromatic heterocycles. The molecule has 2 nitrogen and oxygen atoms in total. The molecular formula is C8H10N2. The predicted octanol–water partition coefficient (Wildman–Crippen LogP) is 1.37. The Labute approximate surface area is 61.3 Å². The summed E-state index contributed by atoms with van der Waals surface area (Å²) < 4.78 is 0. The van der Waals surface area contributed by atoms with Crippen LogP contribution in [-0.4, -0.2) is 12.0 Å². The second-order valence-corrected chi connectivity index (χ2v) is 1.46. The monoisotopic (exact) mass is 134 g/mol. The van der Waals surface area contributed by atoms with Gasteiger partial charge in [0, 0.05) is 13.2 Å². The summed E-state index contributed by atoms with van der Waals surface area (Å²) in [6.45, 7) is 0. The van der Waals surface area contributed by atoms with Crippen LogP contribution in [0, 0.1) is 12.8 Å². The topological polar surface area (TPSA) is 24.9 Å². The average molecular weight is 134 g/mol. The highest BCUT2D eigenvalue weighted by molar-refractivity contribution is 5.31. The van der Waals surface area contributed by atoms with E-state index in [1.807, 2.05) is 25.2 Å². The molecule has 0 saturated heterocycles. The number of nitrogens with one attached hydrogen (secondary N) is 1. The standard InChI is InChI=1S/C6H8N2.C2H2/c1-7-6-4-2-3-5-8-6;1-2/h2-5H,1H3,(H,7,8);1-2H. The van der Waals surface area contributed by atoms with Gasteiger partial charge in [0.15, 0.2) is 0 Å². The molecule has 0 aliphatic carbocycles. The third-order valence-corrected chi connectivity index (χ3v) is 0.921. The molecule has 0 spiro atoms. The van der Waals surface area contributed by atoms with Gasteiger partial charge in [-0.1, -0.05) is 6.07 Å². The van der Waals surface area contributed by atoms with Gasteiger partial charge in [-0.3, -0.25) is 0 Å². The summed E-state index contributed by atoms with van der Waals surface area (Å²) in [5, 5.41) is 2.92. The van der Waals surface area contributed by atoms with Crippen LogP contribution in [0.25, 0.3) is 0 Å². The van der Waals surface area contributed by atoms with Gasteiger partial charge in [-0.25, -0.2) is 4.98 Å². The highest BCUT2D eigenvalue weighted by atomic mass is 14.9. The zero-order valence-electron chi connectivity index (χ0n) is 5.91. The molecule has 0 aliphatic heterocycles. The number of terminal acetylenes is 1. The molecule has 0 unspecified atom stereocenters. The van der Waals surface area contributed by atoms with Gasteiger partial charge in [-0.2, -0.15) is 0 Å². The molecule has 1 heterocycles. The first-order valence-electron chi connectivity index (χ1n) is 2.85. The summed E-state index contributed by atoms with van der Waals surface area (Å²) in [6.07, 6.45) is 9.76. The summed E-state index contributed by atoms with van der Waals surface area (Å²) in [4.78, 5) is 3.99. The van der Waals surface area contributed by atoms with Crippen molar-refractivity contribution in [1.29, 1.82) is 0 Å². The van der Waals surface area contributed by atoms with Crippen molar-refractivity contribution in [3.05, 3.63) is 24.4 Å². The molecule has 1 rings (SSSR count). The third-order valence-electron chi connectivity index (χ3n) is 0.921. The van der Waals surface area contributed by atoms with Crippen LogP contribution in [0.2, 0.25) is 0 Å². The van der Waals surface area contributed by atoms with Crippen LogP contribution in [0.15, 0.2) is 24.4 Å². The Bertz CT molecular complexity index is 179. The van der Waals surface area contributed by atoms with Crippen LogP contribution in [0.1, 0.15) is 0 Å². The summed E-state index contributed by atoms with van der Waals surface area (Å²) >= 11 is 0. The highest BCUT2D eigenvalue weighted by Crippen LogP contribution is 1.95. The molecule has 0 radical (unpaired) electrons. The van der Waals surface area contributed by atoms with Crippen molar-refractivity contribution in [3.8, 4) is 12.8 Å². The third kappa shape index (κ3) is 2.73. The Morgan fingerprint density at radius 1 is 1.40 bits per heavy atom. The fraction of sp³-hybridized carbons (Fsp3) is 0.125. The summed E-state index contributed by atoms with van der Waals surface area (Å²) in [5.74, 6) is 0.910. The maximum absolute atomic E-state index is 4.00. The van der Waals surface area contributed by atoms with Gasteiger partial charge in [0.2, 0.25) is 0 Å². The number of hydrogen-bond donors (Lipinski definition) is 1. The van der Waals surface area contributed by atoms with Gasteiger partial charge in [-0.05, 0) is 12.1 Å². The molecule has 0 saturated carbocycles. The van der Waals surface area contributed by atoms with Crippen molar-refractivity contribution < 1.29 is 0 Å². The molecule has 0 atom stereocenters. The Balaban J connectivity index is 0.000000371. The lowest BCUT2D eigenvalue weighted by Crippen LogP contribution is -1.88. The van der Waals surface area contributed by atoms with Crippen LogP contribution in [-0.2, 0) is 0 Å². The highest BCUT2D eigenvalue weighted by Gasteiger charge is 1.79. The van der Waals surface area contributed by atoms with Gasteiger partial charge in [0.1, 0.15) is 5.82 Å². The van der Waals surface area contributed by atoms with Gasteiger partial charge >= 0.3 is 0 Å². The Kier molecular flexibility index (Phi) is 4.80. The van der Waals surface area contributed by atoms with E-state index in [2.05, 4.69) is 23.1 Å². The minimum absolute atomic E-state index is 0.910. The van der Waals surface area contributed by atoms with E-state index in [1.165, 1.54) is 0 Å². The second kappa shape index (κ2) is 5.64. The predicted molar refractivity (Wildman–Crippen MR) is 43.7 cm³/mol. The molecule has 1 aromatic rings. The van der Waals surface area contributed by atoms with Crippen LogP contribution in [0.3, 0.4) is 0 Å². The SMILES string of the molecule is C#C.CNc1ccccn1. The average Bonchev–Trinajstić information content (AvgIpc) is 2.10. The molecule has 2 heteroatoms. The van der Waals surface area contributed by atoms with E-state index < -0.39 is 0 Å². The van der Waals surface area contributed by atoms with E-state index >= 15 is 0 Å². The molecule has 52 valence electrons. The largest absolute Gasteiger partial charge is 0.373 e. The van der Waals surface area contributed by atoms with Crippen molar-refractivity contribution >= 4 is 5.82 Å². The van der Waals surface area contributed by atoms with Gasteiger partial charge in [0.05, 0.1) is 0 Å². The lowest BCUT2D eigenvalue weighted by atomic mass is 10.5. The van der Waals surface area contributed by atoms with Crippen molar-refractivity contribution in [2.75, 3.05) is 12.4 Å².